The van der Waals surface area contributed by atoms with E-state index >= 15 is 0 Å². The number of fused-ring (bicyclic) bond motifs is 1. The number of rotatable bonds is 13. The Hall–Kier alpha value is -2.04. The summed E-state index contributed by atoms with van der Waals surface area (Å²) < 4.78 is 42.6. The molecule has 0 saturated carbocycles. The Kier molecular flexibility index (Phi) is 10.9. The van der Waals surface area contributed by atoms with Crippen LogP contribution in [0.3, 0.4) is 0 Å². The van der Waals surface area contributed by atoms with Gasteiger partial charge in [0.1, 0.15) is 16.2 Å². The fraction of sp³-hybridized carbons (Fsp3) is 0.423. The second-order valence-electron chi connectivity index (χ2n) is 8.85. The van der Waals surface area contributed by atoms with Crippen LogP contribution in [0.5, 0.6) is 0 Å². The number of hydrogen-bond acceptors (Lipinski definition) is 6. The maximum absolute atomic E-state index is 13.9. The van der Waals surface area contributed by atoms with Crippen LogP contribution in [-0.2, 0) is 10.0 Å². The predicted molar refractivity (Wildman–Crippen MR) is 148 cm³/mol. The minimum Gasteiger partial charge on any atom is -0.385 e. The highest BCUT2D eigenvalue weighted by atomic mass is 35.5. The molecule has 2 N–H and O–H groups in total. The Morgan fingerprint density at radius 1 is 1.31 bits per heavy atom. The van der Waals surface area contributed by atoms with Crippen LogP contribution in [0.15, 0.2) is 69.2 Å². The summed E-state index contributed by atoms with van der Waals surface area (Å²) in [6.45, 7) is 12.5. The standard InChI is InChI=1S/C26H35ClFN3O3S2/c1-7-21(11-13-31(6)14-12-26(32,8-2)19(4)20(5)27)10-9-18(3)30-36(33,34)24-16-22(28)15-23-25(24)29-17-35-23/h7,9-10,15-17,30,32H,1,8,11-14H2,2-6H3. The number of nitrogens with zero attached hydrogens (tertiary/aromatic N) is 2. The van der Waals surface area contributed by atoms with E-state index in [-0.39, 0.29) is 10.4 Å². The van der Waals surface area contributed by atoms with Crippen LogP contribution in [0.25, 0.3) is 10.2 Å². The first kappa shape index (κ1) is 30.2. The SMILES string of the molecule is C=CC(=CC=C(C)NS(=O)(=O)c1cc(F)cc2scnc12)CCN(C)CCC(O)(CC)C(C)=C(C)Cl. The molecule has 0 spiro atoms. The number of thiazole rings is 1. The minimum absolute atomic E-state index is 0.192. The quantitative estimate of drug-likeness (QED) is 0.291. The molecule has 0 bridgehead atoms. The monoisotopic (exact) mass is 555 g/mol. The third kappa shape index (κ3) is 7.98. The van der Waals surface area contributed by atoms with Crippen molar-refractivity contribution in [2.75, 3.05) is 20.1 Å². The highest BCUT2D eigenvalue weighted by Crippen LogP contribution is 2.29. The van der Waals surface area contributed by atoms with E-state index in [4.69, 9.17) is 11.6 Å². The van der Waals surface area contributed by atoms with E-state index in [1.807, 2.05) is 20.9 Å². The second kappa shape index (κ2) is 13.0. The van der Waals surface area contributed by atoms with Crippen LogP contribution in [-0.4, -0.2) is 49.1 Å². The number of aromatic nitrogens is 1. The van der Waals surface area contributed by atoms with Crippen molar-refractivity contribution in [1.82, 2.24) is 14.6 Å². The van der Waals surface area contributed by atoms with Gasteiger partial charge in [0.05, 0.1) is 15.8 Å². The zero-order valence-electron chi connectivity index (χ0n) is 21.4. The van der Waals surface area contributed by atoms with Gasteiger partial charge in [-0.3, -0.25) is 4.72 Å². The smallest absolute Gasteiger partial charge is 0.263 e. The van der Waals surface area contributed by atoms with Crippen molar-refractivity contribution in [1.29, 1.82) is 0 Å². The summed E-state index contributed by atoms with van der Waals surface area (Å²) in [6, 6.07) is 2.24. The number of benzene rings is 1. The Balaban J connectivity index is 2.03. The first-order valence-electron chi connectivity index (χ1n) is 11.6. The highest BCUT2D eigenvalue weighted by Gasteiger charge is 2.28. The van der Waals surface area contributed by atoms with Crippen LogP contribution in [0.2, 0.25) is 0 Å². The van der Waals surface area contributed by atoms with E-state index < -0.39 is 21.4 Å². The van der Waals surface area contributed by atoms with Gasteiger partial charge in [-0.25, -0.2) is 17.8 Å². The van der Waals surface area contributed by atoms with Crippen LogP contribution in [0.1, 0.15) is 47.0 Å². The zero-order valence-corrected chi connectivity index (χ0v) is 23.8. The molecule has 0 amide bonds. The first-order valence-corrected chi connectivity index (χ1v) is 14.4. The molecule has 2 rings (SSSR count). The molecule has 1 heterocycles. The minimum atomic E-state index is -4.01. The van der Waals surface area contributed by atoms with E-state index in [0.29, 0.717) is 41.2 Å². The molecular formula is C26H35ClFN3O3S2. The van der Waals surface area contributed by atoms with Gasteiger partial charge in [0, 0.05) is 23.8 Å². The largest absolute Gasteiger partial charge is 0.385 e. The lowest BCUT2D eigenvalue weighted by Crippen LogP contribution is -2.35. The zero-order chi connectivity index (χ0) is 27.1. The van der Waals surface area contributed by atoms with Crippen molar-refractivity contribution < 1.29 is 17.9 Å². The Morgan fingerprint density at radius 3 is 2.61 bits per heavy atom. The number of aliphatic hydroxyl groups is 1. The normalized spacial score (nSPS) is 15.7. The molecule has 0 radical (unpaired) electrons. The fourth-order valence-corrected chi connectivity index (χ4v) is 5.91. The molecule has 1 aromatic heterocycles. The molecule has 6 nitrogen and oxygen atoms in total. The van der Waals surface area contributed by atoms with Gasteiger partial charge in [-0.15, -0.1) is 11.3 Å². The summed E-state index contributed by atoms with van der Waals surface area (Å²) >= 11 is 7.29. The lowest BCUT2D eigenvalue weighted by atomic mass is 9.88. The number of nitrogens with one attached hydrogen (secondary N) is 1. The summed E-state index contributed by atoms with van der Waals surface area (Å²) in [6.07, 6.45) is 7.01. The molecule has 0 saturated heterocycles. The summed E-state index contributed by atoms with van der Waals surface area (Å²) in [5, 5.41) is 11.5. The van der Waals surface area contributed by atoms with E-state index in [1.54, 1.807) is 32.1 Å². The summed E-state index contributed by atoms with van der Waals surface area (Å²) in [5.74, 6) is -0.631. The third-order valence-corrected chi connectivity index (χ3v) is 8.79. The van der Waals surface area contributed by atoms with Gasteiger partial charge >= 0.3 is 0 Å². The second-order valence-corrected chi connectivity index (χ2v) is 12.0. The fourth-order valence-electron chi connectivity index (χ4n) is 3.65. The number of sulfonamides is 1. The molecule has 36 heavy (non-hydrogen) atoms. The van der Waals surface area contributed by atoms with Crippen molar-refractivity contribution in [3.05, 3.63) is 70.1 Å². The van der Waals surface area contributed by atoms with Crippen LogP contribution < -0.4 is 4.72 Å². The maximum Gasteiger partial charge on any atom is 0.263 e. The lowest BCUT2D eigenvalue weighted by molar-refractivity contribution is 0.0549. The number of hydrogen-bond donors (Lipinski definition) is 2. The molecule has 2 aromatic rings. The van der Waals surface area contributed by atoms with Crippen molar-refractivity contribution in [2.45, 2.75) is 57.5 Å². The van der Waals surface area contributed by atoms with Gasteiger partial charge in [0.2, 0.25) is 0 Å². The van der Waals surface area contributed by atoms with Crippen molar-refractivity contribution in [3.63, 3.8) is 0 Å². The lowest BCUT2D eigenvalue weighted by Gasteiger charge is -2.31. The first-order chi connectivity index (χ1) is 16.8. The third-order valence-electron chi connectivity index (χ3n) is 6.25. The topological polar surface area (TPSA) is 82.5 Å². The summed E-state index contributed by atoms with van der Waals surface area (Å²) in [5.41, 5.74) is 2.90. The Labute approximate surface area is 222 Å². The van der Waals surface area contributed by atoms with Gasteiger partial charge in [0.15, 0.2) is 0 Å². The molecule has 198 valence electrons. The van der Waals surface area contributed by atoms with Crippen LogP contribution >= 0.6 is 22.9 Å². The molecule has 1 unspecified atom stereocenters. The van der Waals surface area contributed by atoms with Gasteiger partial charge in [-0.1, -0.05) is 37.3 Å². The number of allylic oxidation sites excluding steroid dienone is 5. The van der Waals surface area contributed by atoms with Crippen molar-refractivity contribution in [2.24, 2.45) is 0 Å². The number of halogens is 2. The Morgan fingerprint density at radius 2 is 2.00 bits per heavy atom. The van der Waals surface area contributed by atoms with Gasteiger partial charge < -0.3 is 10.0 Å². The molecular weight excluding hydrogens is 521 g/mol. The van der Waals surface area contributed by atoms with Crippen LogP contribution in [0.4, 0.5) is 4.39 Å². The highest BCUT2D eigenvalue weighted by molar-refractivity contribution is 7.89. The predicted octanol–water partition coefficient (Wildman–Crippen LogP) is 6.12. The summed E-state index contributed by atoms with van der Waals surface area (Å²) in [4.78, 5) is 6.00. The van der Waals surface area contributed by atoms with E-state index in [9.17, 15) is 17.9 Å². The maximum atomic E-state index is 13.9. The average Bonchev–Trinajstić information content (AvgIpc) is 3.29. The molecule has 10 heteroatoms. The van der Waals surface area contributed by atoms with Crippen LogP contribution in [0, 0.1) is 5.82 Å². The van der Waals surface area contributed by atoms with Gasteiger partial charge in [-0.2, -0.15) is 0 Å². The molecule has 0 aliphatic heterocycles. The van der Waals surface area contributed by atoms with E-state index in [0.717, 1.165) is 23.8 Å². The summed E-state index contributed by atoms with van der Waals surface area (Å²) in [7, 11) is -2.03. The van der Waals surface area contributed by atoms with Crippen molar-refractivity contribution in [3.8, 4) is 0 Å². The molecule has 1 aromatic carbocycles. The molecule has 1 atom stereocenters. The molecule has 0 fully saturated rings. The van der Waals surface area contributed by atoms with Crippen molar-refractivity contribution >= 4 is 43.2 Å². The van der Waals surface area contributed by atoms with E-state index in [2.05, 4.69) is 21.2 Å². The Bertz CT molecular complexity index is 1280. The van der Waals surface area contributed by atoms with Gasteiger partial charge in [0.25, 0.3) is 10.0 Å². The average molecular weight is 556 g/mol. The van der Waals surface area contributed by atoms with E-state index in [1.165, 1.54) is 22.9 Å². The molecule has 0 aliphatic rings. The molecule has 0 aliphatic carbocycles. The van der Waals surface area contributed by atoms with Gasteiger partial charge in [-0.05, 0) is 76.4 Å².